The molecule has 9 heteroatoms. The van der Waals surface area contributed by atoms with Crippen LogP contribution in [-0.4, -0.2) is 18.5 Å². The average Bonchev–Trinajstić information content (AvgIpc) is 3.17. The third kappa shape index (κ3) is 12.1. The molecule has 0 saturated heterocycles. The minimum atomic E-state index is 0.300. The SMILES string of the molecule is CO[C](=[Cr])c1ccc2c(c1)OCO2.[C-]#[O+].[C-]#[O+].[C-]#[O+].[C-]#[O+].[C-]#[O+]. The molecule has 2 rings (SSSR count). The molecule has 0 unspecified atom stereocenters. The second-order valence-electron chi connectivity index (χ2n) is 2.56. The summed E-state index contributed by atoms with van der Waals surface area (Å²) in [6.07, 6.45) is 0. The maximum atomic E-state index is 7.50. The van der Waals surface area contributed by atoms with Crippen molar-refractivity contribution in [2.45, 2.75) is 0 Å². The van der Waals surface area contributed by atoms with Crippen LogP contribution in [0.2, 0.25) is 0 Å². The van der Waals surface area contributed by atoms with Gasteiger partial charge in [-0.2, -0.15) is 0 Å². The number of hydrogen-bond donors (Lipinski definition) is 0. The molecule has 8 nitrogen and oxygen atoms in total. The van der Waals surface area contributed by atoms with Crippen molar-refractivity contribution in [2.24, 2.45) is 0 Å². The Hall–Kier alpha value is -2.12. The van der Waals surface area contributed by atoms with Crippen molar-refractivity contribution in [3.8, 4) is 11.5 Å². The van der Waals surface area contributed by atoms with E-state index < -0.39 is 0 Å². The van der Waals surface area contributed by atoms with Gasteiger partial charge in [0.05, 0.1) is 0 Å². The Morgan fingerprint density at radius 1 is 0.913 bits per heavy atom. The first-order chi connectivity index (χ1) is 11.3. The molecule has 1 aliphatic heterocycles. The van der Waals surface area contributed by atoms with Gasteiger partial charge in [-0.25, -0.2) is 0 Å². The van der Waals surface area contributed by atoms with Crippen molar-refractivity contribution in [3.05, 3.63) is 57.0 Å². The van der Waals surface area contributed by atoms with Crippen LogP contribution in [0, 0.1) is 33.3 Å². The summed E-state index contributed by atoms with van der Waals surface area (Å²) in [5, 5.41) is 0. The van der Waals surface area contributed by atoms with Crippen molar-refractivity contribution in [1.29, 1.82) is 0 Å². The van der Waals surface area contributed by atoms with Gasteiger partial charge in [-0.3, -0.25) is 0 Å². The number of benzene rings is 1. The van der Waals surface area contributed by atoms with Gasteiger partial charge >= 0.3 is 140 Å². The molecule has 0 aliphatic carbocycles. The molecule has 0 atom stereocenters. The van der Waals surface area contributed by atoms with Crippen LogP contribution in [-0.2, 0) is 43.8 Å². The second kappa shape index (κ2) is 24.9. The van der Waals surface area contributed by atoms with Gasteiger partial charge in [0.1, 0.15) is 0 Å². The molecule has 1 aromatic rings. The zero-order valence-electron chi connectivity index (χ0n) is 11.6. The summed E-state index contributed by atoms with van der Waals surface area (Å²) in [6.45, 7) is 22.8. The summed E-state index contributed by atoms with van der Waals surface area (Å²) in [5.74, 6) is 1.55. The Morgan fingerprint density at radius 3 is 1.78 bits per heavy atom. The molecule has 23 heavy (non-hydrogen) atoms. The fourth-order valence-corrected chi connectivity index (χ4v) is 1.34. The standard InChI is InChI=1S/C9H8O3.5CO.Cr/c1-10-5-7-2-3-8-9(4-7)12-6-11-8;5*1-2;/h2-4H,6H2,1H3;;;;;;. The van der Waals surface area contributed by atoms with Crippen molar-refractivity contribution in [1.82, 2.24) is 0 Å². The fourth-order valence-electron chi connectivity index (χ4n) is 1.14. The second-order valence-corrected chi connectivity index (χ2v) is 3.14. The van der Waals surface area contributed by atoms with Gasteiger partial charge in [-0.1, -0.05) is 0 Å². The zero-order valence-corrected chi connectivity index (χ0v) is 12.9. The Morgan fingerprint density at radius 2 is 1.35 bits per heavy atom. The van der Waals surface area contributed by atoms with Crippen molar-refractivity contribution in [2.75, 3.05) is 13.9 Å². The van der Waals surface area contributed by atoms with E-state index in [4.69, 9.17) is 37.5 Å². The molecular formula is C14H8CrO8. The third-order valence-electron chi connectivity index (χ3n) is 1.79. The Kier molecular flexibility index (Phi) is 31.3. The molecule has 0 aromatic heterocycles. The first-order valence-corrected chi connectivity index (χ1v) is 5.45. The summed E-state index contributed by atoms with van der Waals surface area (Å²) >= 11 is 2.83. The zero-order chi connectivity index (χ0) is 19.3. The van der Waals surface area contributed by atoms with Gasteiger partial charge in [-0.15, -0.1) is 0 Å². The van der Waals surface area contributed by atoms with Gasteiger partial charge in [-0.05, 0) is 0 Å². The molecule has 1 aliphatic rings. The molecule has 0 amide bonds. The molecule has 0 bridgehead atoms. The van der Waals surface area contributed by atoms with Crippen LogP contribution in [0.3, 0.4) is 0 Å². The Labute approximate surface area is 140 Å². The molecule has 1 aromatic carbocycles. The molecule has 0 fully saturated rings. The quantitative estimate of drug-likeness (QED) is 0.577. The molecule has 0 radical (unpaired) electrons. The van der Waals surface area contributed by atoms with Gasteiger partial charge in [0, 0.05) is 0 Å². The van der Waals surface area contributed by atoms with Crippen LogP contribution < -0.4 is 9.47 Å². The number of methoxy groups -OCH3 is 1. The Bertz CT molecular complexity index is 507. The van der Waals surface area contributed by atoms with E-state index in [0.29, 0.717) is 6.79 Å². The van der Waals surface area contributed by atoms with Crippen LogP contribution in [0.15, 0.2) is 18.2 Å². The summed E-state index contributed by atoms with van der Waals surface area (Å²) in [4.78, 5) is 0. The average molecular weight is 356 g/mol. The molecule has 1 heterocycles. The van der Waals surface area contributed by atoms with E-state index in [1.54, 1.807) is 7.11 Å². The number of fused-ring (bicyclic) bond motifs is 1. The van der Waals surface area contributed by atoms with Crippen LogP contribution in [0.4, 0.5) is 0 Å². The van der Waals surface area contributed by atoms with Crippen molar-refractivity contribution >= 4 is 4.57 Å². The molecule has 118 valence electrons. The van der Waals surface area contributed by atoms with E-state index in [9.17, 15) is 0 Å². The molecular weight excluding hydrogens is 348 g/mol. The summed E-state index contributed by atoms with van der Waals surface area (Å²) < 4.78 is 53.7. The number of hydrogen-bond acceptors (Lipinski definition) is 3. The van der Waals surface area contributed by atoms with E-state index in [2.05, 4.69) is 49.1 Å². The first kappa shape index (κ1) is 29.0. The van der Waals surface area contributed by atoms with Crippen molar-refractivity contribution in [3.63, 3.8) is 0 Å². The van der Waals surface area contributed by atoms with Crippen LogP contribution in [0.1, 0.15) is 5.56 Å². The monoisotopic (exact) mass is 356 g/mol. The van der Waals surface area contributed by atoms with Crippen LogP contribution in [0.25, 0.3) is 0 Å². The molecule has 0 saturated carbocycles. The van der Waals surface area contributed by atoms with E-state index >= 15 is 0 Å². The van der Waals surface area contributed by atoms with E-state index in [-0.39, 0.29) is 0 Å². The summed E-state index contributed by atoms with van der Waals surface area (Å²) in [6, 6.07) is 5.68. The van der Waals surface area contributed by atoms with Gasteiger partial charge < -0.3 is 0 Å². The predicted molar refractivity (Wildman–Crippen MR) is 63.3 cm³/mol. The fraction of sp³-hybridized carbons (Fsp3) is 0.143. The van der Waals surface area contributed by atoms with Crippen molar-refractivity contribution < 1.29 is 53.3 Å². The maximum absolute atomic E-state index is 7.50. The topological polar surface area (TPSA) is 127 Å². The van der Waals surface area contributed by atoms with E-state index in [0.717, 1.165) is 21.6 Å². The summed E-state index contributed by atoms with van der Waals surface area (Å²) in [7, 11) is 1.62. The van der Waals surface area contributed by atoms with E-state index in [1.807, 2.05) is 18.2 Å². The van der Waals surface area contributed by atoms with Crippen LogP contribution in [0.5, 0.6) is 11.5 Å². The molecule has 0 N–H and O–H groups in total. The minimum absolute atomic E-state index is 0.300. The van der Waals surface area contributed by atoms with Gasteiger partial charge in [0.25, 0.3) is 0 Å². The van der Waals surface area contributed by atoms with E-state index in [1.165, 1.54) is 0 Å². The first-order valence-electron chi connectivity index (χ1n) is 4.81. The predicted octanol–water partition coefficient (Wildman–Crippen LogP) is 0.899. The summed E-state index contributed by atoms with van der Waals surface area (Å²) in [5.41, 5.74) is 0.965. The number of ether oxygens (including phenoxy) is 3. The van der Waals surface area contributed by atoms with Crippen LogP contribution >= 0.6 is 0 Å². The van der Waals surface area contributed by atoms with Gasteiger partial charge in [0.2, 0.25) is 0 Å². The molecule has 0 spiro atoms. The Balaban J connectivity index is -0.000000156. The normalized spacial score (nSPS) is 7.78. The van der Waals surface area contributed by atoms with Gasteiger partial charge in [0.15, 0.2) is 0 Å². The number of rotatable bonds is 2. The third-order valence-corrected chi connectivity index (χ3v) is 2.42.